The van der Waals surface area contributed by atoms with Gasteiger partial charge in [-0.1, -0.05) is 47.2 Å². The Kier molecular flexibility index (Phi) is 7.75. The van der Waals surface area contributed by atoms with E-state index in [-0.39, 0.29) is 23.2 Å². The van der Waals surface area contributed by atoms with Crippen LogP contribution < -0.4 is 15.4 Å². The molecule has 3 aromatic rings. The molecule has 9 heteroatoms. The Labute approximate surface area is 183 Å². The Bertz CT molecular complexity index is 1020. The molecule has 0 saturated heterocycles. The number of amides is 2. The van der Waals surface area contributed by atoms with Crippen LogP contribution in [0.1, 0.15) is 33.7 Å². The molecule has 0 aliphatic heterocycles. The summed E-state index contributed by atoms with van der Waals surface area (Å²) in [5, 5.41) is 14.9. The minimum absolute atomic E-state index is 0.110. The zero-order valence-corrected chi connectivity index (χ0v) is 17.9. The van der Waals surface area contributed by atoms with Gasteiger partial charge in [0.05, 0.1) is 6.61 Å². The number of nitrogens with zero attached hydrogens (tertiary/aromatic N) is 2. The van der Waals surface area contributed by atoms with Crippen LogP contribution in [0.15, 0.2) is 48.5 Å². The number of aromatic nitrogens is 2. The zero-order valence-electron chi connectivity index (χ0n) is 16.4. The Morgan fingerprint density at radius 1 is 1.13 bits per heavy atom. The number of halogens is 1. The first-order valence-electron chi connectivity index (χ1n) is 9.42. The van der Waals surface area contributed by atoms with Crippen LogP contribution >= 0.6 is 22.9 Å². The third-order valence-corrected chi connectivity index (χ3v) is 5.27. The molecule has 0 aliphatic rings. The summed E-state index contributed by atoms with van der Waals surface area (Å²) in [6.45, 7) is 2.87. The molecule has 0 saturated carbocycles. The van der Waals surface area contributed by atoms with E-state index in [4.69, 9.17) is 16.3 Å². The van der Waals surface area contributed by atoms with Crippen LogP contribution in [-0.2, 0) is 17.8 Å². The molecule has 1 heterocycles. The predicted molar refractivity (Wildman–Crippen MR) is 117 cm³/mol. The number of aryl methyl sites for hydroxylation is 1. The van der Waals surface area contributed by atoms with Crippen molar-refractivity contribution in [2.24, 2.45) is 0 Å². The quantitative estimate of drug-likeness (QED) is 0.518. The van der Waals surface area contributed by atoms with Crippen LogP contribution in [0.25, 0.3) is 0 Å². The normalized spacial score (nSPS) is 10.5. The zero-order chi connectivity index (χ0) is 21.3. The van der Waals surface area contributed by atoms with E-state index in [2.05, 4.69) is 20.8 Å². The van der Waals surface area contributed by atoms with Crippen molar-refractivity contribution in [3.63, 3.8) is 0 Å². The molecular formula is C21H21ClN4O3S. The molecule has 0 bridgehead atoms. The number of nitrogens with one attached hydrogen (secondary N) is 2. The first-order valence-corrected chi connectivity index (χ1v) is 10.6. The minimum Gasteiger partial charge on any atom is -0.494 e. The maximum atomic E-state index is 12.3. The van der Waals surface area contributed by atoms with Gasteiger partial charge in [0.15, 0.2) is 0 Å². The first kappa shape index (κ1) is 21.7. The topological polar surface area (TPSA) is 93.2 Å². The fourth-order valence-corrected chi connectivity index (χ4v) is 3.57. The molecule has 156 valence electrons. The van der Waals surface area contributed by atoms with Crippen LogP contribution in [0.3, 0.4) is 0 Å². The summed E-state index contributed by atoms with van der Waals surface area (Å²) < 4.78 is 5.56. The molecular weight excluding hydrogens is 424 g/mol. The minimum atomic E-state index is -0.363. The van der Waals surface area contributed by atoms with E-state index < -0.39 is 0 Å². The smallest absolute Gasteiger partial charge is 0.286 e. The van der Waals surface area contributed by atoms with E-state index in [0.717, 1.165) is 22.6 Å². The summed E-state index contributed by atoms with van der Waals surface area (Å²) in [6, 6.07) is 14.4. The molecule has 2 N–H and O–H groups in total. The maximum absolute atomic E-state index is 12.3. The van der Waals surface area contributed by atoms with Gasteiger partial charge in [-0.25, -0.2) is 0 Å². The Balaban J connectivity index is 1.48. The van der Waals surface area contributed by atoms with Gasteiger partial charge < -0.3 is 15.4 Å². The average Bonchev–Trinajstić information content (AvgIpc) is 3.21. The lowest BCUT2D eigenvalue weighted by Crippen LogP contribution is -2.23. The highest BCUT2D eigenvalue weighted by Crippen LogP contribution is 2.19. The monoisotopic (exact) mass is 444 g/mol. The van der Waals surface area contributed by atoms with E-state index in [1.54, 1.807) is 24.3 Å². The van der Waals surface area contributed by atoms with Crippen molar-refractivity contribution in [2.75, 3.05) is 11.9 Å². The van der Waals surface area contributed by atoms with Gasteiger partial charge in [-0.3, -0.25) is 9.59 Å². The average molecular weight is 445 g/mol. The first-order chi connectivity index (χ1) is 14.5. The lowest BCUT2D eigenvalue weighted by Gasteiger charge is -2.10. The fourth-order valence-electron chi connectivity index (χ4n) is 2.65. The van der Waals surface area contributed by atoms with Gasteiger partial charge in [-0.2, -0.15) is 0 Å². The molecule has 30 heavy (non-hydrogen) atoms. The molecule has 0 radical (unpaired) electrons. The van der Waals surface area contributed by atoms with Crippen LogP contribution in [0.2, 0.25) is 5.02 Å². The van der Waals surface area contributed by atoms with Crippen molar-refractivity contribution in [2.45, 2.75) is 26.3 Å². The summed E-state index contributed by atoms with van der Waals surface area (Å²) >= 11 is 7.08. The third-order valence-electron chi connectivity index (χ3n) is 4.06. The van der Waals surface area contributed by atoms with E-state index in [0.29, 0.717) is 35.3 Å². The molecule has 0 unspecified atom stereocenters. The van der Waals surface area contributed by atoms with Crippen molar-refractivity contribution >= 4 is 40.4 Å². The van der Waals surface area contributed by atoms with Gasteiger partial charge in [0.25, 0.3) is 5.91 Å². The standard InChI is InChI=1S/C21H21ClN4O3S/c1-2-29-17-9-4-3-6-14(17)13-23-18(27)10-11-19-25-26-21(30-19)20(28)24-16-8-5-7-15(22)12-16/h3-9,12H,2,10-11,13H2,1H3,(H,23,27)(H,24,28). The Morgan fingerprint density at radius 3 is 2.77 bits per heavy atom. The van der Waals surface area contributed by atoms with Crippen molar-refractivity contribution in [3.05, 3.63) is 69.1 Å². The van der Waals surface area contributed by atoms with E-state index in [1.807, 2.05) is 31.2 Å². The highest BCUT2D eigenvalue weighted by atomic mass is 35.5. The number of para-hydroxylation sites is 1. The Morgan fingerprint density at radius 2 is 1.97 bits per heavy atom. The lowest BCUT2D eigenvalue weighted by atomic mass is 10.2. The summed E-state index contributed by atoms with van der Waals surface area (Å²) in [7, 11) is 0. The Hall–Kier alpha value is -2.97. The van der Waals surface area contributed by atoms with Crippen molar-refractivity contribution in [1.29, 1.82) is 0 Å². The van der Waals surface area contributed by atoms with E-state index in [1.165, 1.54) is 0 Å². The molecule has 0 atom stereocenters. The number of anilines is 1. The summed E-state index contributed by atoms with van der Waals surface area (Å²) in [5.74, 6) is 0.291. The van der Waals surface area contributed by atoms with Gasteiger partial charge in [0.1, 0.15) is 10.8 Å². The maximum Gasteiger partial charge on any atom is 0.286 e. The van der Waals surface area contributed by atoms with Gasteiger partial charge >= 0.3 is 0 Å². The van der Waals surface area contributed by atoms with Crippen LogP contribution in [0.5, 0.6) is 5.75 Å². The number of hydrogen-bond donors (Lipinski definition) is 2. The number of rotatable bonds is 9. The second-order valence-corrected chi connectivity index (χ2v) is 7.78. The van der Waals surface area contributed by atoms with E-state index >= 15 is 0 Å². The lowest BCUT2D eigenvalue weighted by molar-refractivity contribution is -0.121. The number of hydrogen-bond acceptors (Lipinski definition) is 6. The third kappa shape index (κ3) is 6.27. The number of carbonyl (C=O) groups is 2. The van der Waals surface area contributed by atoms with Gasteiger partial charge in [0, 0.05) is 35.7 Å². The molecule has 0 spiro atoms. The van der Waals surface area contributed by atoms with E-state index in [9.17, 15) is 9.59 Å². The molecule has 1 aromatic heterocycles. The molecule has 2 aromatic carbocycles. The molecule has 2 amide bonds. The van der Waals surface area contributed by atoms with Gasteiger partial charge in [-0.05, 0) is 31.2 Å². The fraction of sp³-hybridized carbons (Fsp3) is 0.238. The van der Waals surface area contributed by atoms with Crippen molar-refractivity contribution < 1.29 is 14.3 Å². The van der Waals surface area contributed by atoms with Crippen LogP contribution in [0.4, 0.5) is 5.69 Å². The second kappa shape index (κ2) is 10.7. The van der Waals surface area contributed by atoms with Crippen molar-refractivity contribution in [1.82, 2.24) is 15.5 Å². The molecule has 7 nitrogen and oxygen atoms in total. The highest BCUT2D eigenvalue weighted by molar-refractivity contribution is 7.13. The molecule has 0 aliphatic carbocycles. The van der Waals surface area contributed by atoms with Crippen LogP contribution in [-0.4, -0.2) is 28.6 Å². The van der Waals surface area contributed by atoms with Crippen LogP contribution in [0, 0.1) is 0 Å². The second-order valence-electron chi connectivity index (χ2n) is 6.28. The van der Waals surface area contributed by atoms with Gasteiger partial charge in [0.2, 0.25) is 10.9 Å². The number of benzene rings is 2. The largest absolute Gasteiger partial charge is 0.494 e. The summed E-state index contributed by atoms with van der Waals surface area (Å²) in [6.07, 6.45) is 0.655. The SMILES string of the molecule is CCOc1ccccc1CNC(=O)CCc1nnc(C(=O)Nc2cccc(Cl)c2)s1. The molecule has 0 fully saturated rings. The number of ether oxygens (including phenoxy) is 1. The number of carbonyl (C=O) groups excluding carboxylic acids is 2. The summed E-state index contributed by atoms with van der Waals surface area (Å²) in [4.78, 5) is 24.5. The van der Waals surface area contributed by atoms with Crippen molar-refractivity contribution in [3.8, 4) is 5.75 Å². The molecule has 3 rings (SSSR count). The predicted octanol–water partition coefficient (Wildman–Crippen LogP) is 4.09. The summed E-state index contributed by atoms with van der Waals surface area (Å²) in [5.41, 5.74) is 1.50. The van der Waals surface area contributed by atoms with Gasteiger partial charge in [-0.15, -0.1) is 10.2 Å². The highest BCUT2D eigenvalue weighted by Gasteiger charge is 2.14.